The van der Waals surface area contributed by atoms with Crippen molar-refractivity contribution in [3.05, 3.63) is 34.3 Å². The third-order valence-corrected chi connectivity index (χ3v) is 6.01. The fourth-order valence-corrected chi connectivity index (χ4v) is 4.11. The van der Waals surface area contributed by atoms with Gasteiger partial charge in [-0.15, -0.1) is 10.2 Å². The summed E-state index contributed by atoms with van der Waals surface area (Å²) in [6.45, 7) is 0.362. The molecule has 6 nitrogen and oxygen atoms in total. The van der Waals surface area contributed by atoms with Gasteiger partial charge in [-0.3, -0.25) is 9.59 Å². The minimum atomic E-state index is -0.390. The van der Waals surface area contributed by atoms with Gasteiger partial charge in [0.2, 0.25) is 16.9 Å². The first-order valence-electron chi connectivity index (χ1n) is 8.30. The van der Waals surface area contributed by atoms with E-state index in [9.17, 15) is 9.59 Å². The minimum Gasteiger partial charge on any atom is -0.312 e. The highest BCUT2D eigenvalue weighted by molar-refractivity contribution is 7.15. The van der Waals surface area contributed by atoms with Crippen LogP contribution in [0.25, 0.3) is 0 Å². The molecule has 1 aliphatic heterocycles. The molecule has 0 spiro atoms. The molecule has 8 heteroatoms. The number of benzene rings is 1. The molecule has 1 saturated carbocycles. The number of nitrogens with one attached hydrogen (secondary N) is 1. The first-order valence-corrected chi connectivity index (χ1v) is 9.50. The smallest absolute Gasteiger partial charge is 0.231 e. The summed E-state index contributed by atoms with van der Waals surface area (Å²) in [5, 5.41) is 13.2. The van der Waals surface area contributed by atoms with Gasteiger partial charge < -0.3 is 10.2 Å². The lowest BCUT2D eigenvalue weighted by atomic mass is 9.86. The molecule has 2 heterocycles. The number of hydrogen-bond donors (Lipinski definition) is 1. The number of amides is 2. The van der Waals surface area contributed by atoms with Crippen molar-refractivity contribution in [2.75, 3.05) is 16.8 Å². The summed E-state index contributed by atoms with van der Waals surface area (Å²) in [6, 6.07) is 7.05. The quantitative estimate of drug-likeness (QED) is 0.886. The Bertz CT molecular complexity index is 803. The highest BCUT2D eigenvalue weighted by atomic mass is 35.5. The van der Waals surface area contributed by atoms with E-state index in [0.29, 0.717) is 22.6 Å². The summed E-state index contributed by atoms with van der Waals surface area (Å²) in [5.41, 5.74) is 0.757. The predicted molar refractivity (Wildman–Crippen MR) is 97.0 cm³/mol. The van der Waals surface area contributed by atoms with Crippen LogP contribution in [-0.4, -0.2) is 28.6 Å². The Labute approximate surface area is 154 Å². The van der Waals surface area contributed by atoms with Gasteiger partial charge in [0.15, 0.2) is 0 Å². The first kappa shape index (κ1) is 16.5. The third kappa shape index (κ3) is 3.39. The summed E-state index contributed by atoms with van der Waals surface area (Å²) in [6.07, 6.45) is 3.73. The number of rotatable bonds is 4. The maximum Gasteiger partial charge on any atom is 0.231 e. The van der Waals surface area contributed by atoms with Crippen LogP contribution in [0.5, 0.6) is 0 Å². The van der Waals surface area contributed by atoms with Gasteiger partial charge in [-0.25, -0.2) is 0 Å². The van der Waals surface area contributed by atoms with E-state index in [-0.39, 0.29) is 24.2 Å². The zero-order valence-corrected chi connectivity index (χ0v) is 15.0. The summed E-state index contributed by atoms with van der Waals surface area (Å²) >= 11 is 7.32. The van der Waals surface area contributed by atoms with Crippen molar-refractivity contribution < 1.29 is 9.59 Å². The minimum absolute atomic E-state index is 0.0603. The molecular weight excluding hydrogens is 360 g/mol. The van der Waals surface area contributed by atoms with Gasteiger partial charge in [0.05, 0.1) is 5.92 Å². The summed E-state index contributed by atoms with van der Waals surface area (Å²) in [4.78, 5) is 26.4. The van der Waals surface area contributed by atoms with Crippen molar-refractivity contribution in [1.29, 1.82) is 0 Å². The van der Waals surface area contributed by atoms with E-state index >= 15 is 0 Å². The maximum absolute atomic E-state index is 12.5. The molecule has 2 aliphatic rings. The Hall–Kier alpha value is -1.99. The van der Waals surface area contributed by atoms with E-state index < -0.39 is 0 Å². The molecular formula is C17H17ClN4O2S. The fraction of sp³-hybridized carbons (Fsp3) is 0.412. The number of hydrogen-bond acceptors (Lipinski definition) is 5. The molecule has 2 aromatic rings. The van der Waals surface area contributed by atoms with Crippen LogP contribution in [-0.2, 0) is 9.59 Å². The monoisotopic (exact) mass is 376 g/mol. The normalized spacial score (nSPS) is 20.6. The molecule has 1 atom stereocenters. The van der Waals surface area contributed by atoms with Crippen molar-refractivity contribution >= 4 is 45.6 Å². The van der Waals surface area contributed by atoms with Crippen LogP contribution in [0.1, 0.15) is 36.6 Å². The molecule has 0 unspecified atom stereocenters. The van der Waals surface area contributed by atoms with E-state index in [1.54, 1.807) is 29.2 Å². The molecule has 1 N–H and O–H groups in total. The van der Waals surface area contributed by atoms with E-state index in [1.165, 1.54) is 17.8 Å². The average molecular weight is 377 g/mol. The van der Waals surface area contributed by atoms with Crippen LogP contribution >= 0.6 is 22.9 Å². The molecule has 0 bridgehead atoms. The van der Waals surface area contributed by atoms with Crippen molar-refractivity contribution in [2.24, 2.45) is 5.92 Å². The molecule has 2 fully saturated rings. The van der Waals surface area contributed by atoms with Crippen molar-refractivity contribution in [3.8, 4) is 0 Å². The standard InChI is InChI=1S/C17H17ClN4O2S/c18-12-4-6-13(7-5-12)22-9-11(8-14(22)23)15(24)19-17-21-20-16(25-17)10-2-1-3-10/h4-7,10-11H,1-3,8-9H2,(H,19,21,24)/t11-/m0/s1. The number of anilines is 2. The highest BCUT2D eigenvalue weighted by Crippen LogP contribution is 2.38. The summed E-state index contributed by atoms with van der Waals surface area (Å²) in [5.74, 6) is -0.133. The zero-order valence-electron chi connectivity index (χ0n) is 13.4. The lowest BCUT2D eigenvalue weighted by molar-refractivity contribution is -0.122. The van der Waals surface area contributed by atoms with Gasteiger partial charge in [-0.05, 0) is 37.1 Å². The third-order valence-electron chi connectivity index (χ3n) is 4.76. The lowest BCUT2D eigenvalue weighted by Gasteiger charge is -2.21. The molecule has 1 aromatic heterocycles. The molecule has 25 heavy (non-hydrogen) atoms. The Kier molecular flexibility index (Phi) is 4.43. The zero-order chi connectivity index (χ0) is 17.4. The Morgan fingerprint density at radius 1 is 1.24 bits per heavy atom. The van der Waals surface area contributed by atoms with Crippen molar-refractivity contribution in [2.45, 2.75) is 31.6 Å². The summed E-state index contributed by atoms with van der Waals surface area (Å²) in [7, 11) is 0. The van der Waals surface area contributed by atoms with E-state index in [0.717, 1.165) is 23.5 Å². The van der Waals surface area contributed by atoms with Crippen LogP contribution in [0.4, 0.5) is 10.8 Å². The highest BCUT2D eigenvalue weighted by Gasteiger charge is 2.35. The molecule has 1 aliphatic carbocycles. The molecule has 4 rings (SSSR count). The SMILES string of the molecule is O=C(Nc1nnc(C2CCC2)s1)[C@H]1CC(=O)N(c2ccc(Cl)cc2)C1. The second-order valence-electron chi connectivity index (χ2n) is 6.44. The van der Waals surface area contributed by atoms with Crippen LogP contribution in [0, 0.1) is 5.92 Å². The maximum atomic E-state index is 12.5. The summed E-state index contributed by atoms with van der Waals surface area (Å²) < 4.78 is 0. The van der Waals surface area contributed by atoms with E-state index in [1.807, 2.05) is 0 Å². The second-order valence-corrected chi connectivity index (χ2v) is 7.89. The molecule has 0 radical (unpaired) electrons. The van der Waals surface area contributed by atoms with Gasteiger partial charge in [0.25, 0.3) is 0 Å². The van der Waals surface area contributed by atoms with Gasteiger partial charge in [-0.1, -0.05) is 29.4 Å². The van der Waals surface area contributed by atoms with Crippen LogP contribution in [0.15, 0.2) is 24.3 Å². The average Bonchev–Trinajstić information content (AvgIpc) is 3.14. The van der Waals surface area contributed by atoms with Gasteiger partial charge >= 0.3 is 0 Å². The number of carbonyl (C=O) groups is 2. The number of halogens is 1. The molecule has 1 aromatic carbocycles. The van der Waals surface area contributed by atoms with E-state index in [4.69, 9.17) is 11.6 Å². The van der Waals surface area contributed by atoms with E-state index in [2.05, 4.69) is 15.5 Å². The van der Waals surface area contributed by atoms with Crippen molar-refractivity contribution in [1.82, 2.24) is 10.2 Å². The number of carbonyl (C=O) groups excluding carboxylic acids is 2. The van der Waals surface area contributed by atoms with Crippen LogP contribution in [0.3, 0.4) is 0 Å². The lowest BCUT2D eigenvalue weighted by Crippen LogP contribution is -2.28. The molecule has 130 valence electrons. The Morgan fingerprint density at radius 3 is 2.68 bits per heavy atom. The topological polar surface area (TPSA) is 75.2 Å². The largest absolute Gasteiger partial charge is 0.312 e. The number of aromatic nitrogens is 2. The second kappa shape index (κ2) is 6.72. The first-order chi connectivity index (χ1) is 12.1. The molecule has 2 amide bonds. The van der Waals surface area contributed by atoms with Crippen LogP contribution < -0.4 is 10.2 Å². The van der Waals surface area contributed by atoms with Crippen LogP contribution in [0.2, 0.25) is 5.02 Å². The van der Waals surface area contributed by atoms with Gasteiger partial charge in [-0.2, -0.15) is 0 Å². The van der Waals surface area contributed by atoms with Crippen molar-refractivity contribution in [3.63, 3.8) is 0 Å². The van der Waals surface area contributed by atoms with Gasteiger partial charge in [0, 0.05) is 29.6 Å². The Balaban J connectivity index is 1.40. The predicted octanol–water partition coefficient (Wildman–Crippen LogP) is 3.45. The Morgan fingerprint density at radius 2 is 2.00 bits per heavy atom. The van der Waals surface area contributed by atoms with Gasteiger partial charge in [0.1, 0.15) is 5.01 Å². The molecule has 1 saturated heterocycles. The number of nitrogens with zero attached hydrogens (tertiary/aromatic N) is 3. The fourth-order valence-electron chi connectivity index (χ4n) is 3.07.